The summed E-state index contributed by atoms with van der Waals surface area (Å²) >= 11 is 0. The second-order valence-electron chi connectivity index (χ2n) is 5.16. The van der Waals surface area contributed by atoms with Crippen molar-refractivity contribution in [2.24, 2.45) is 5.41 Å². The van der Waals surface area contributed by atoms with Crippen LogP contribution in [0.15, 0.2) is 24.3 Å². The highest BCUT2D eigenvalue weighted by Gasteiger charge is 2.41. The number of hydrogen-bond acceptors (Lipinski definition) is 3. The van der Waals surface area contributed by atoms with Crippen molar-refractivity contribution in [3.63, 3.8) is 0 Å². The van der Waals surface area contributed by atoms with Crippen molar-refractivity contribution in [1.82, 2.24) is 0 Å². The van der Waals surface area contributed by atoms with Crippen LogP contribution >= 0.6 is 0 Å². The number of carboxylic acids is 1. The van der Waals surface area contributed by atoms with Gasteiger partial charge in [-0.1, -0.05) is 12.1 Å². The van der Waals surface area contributed by atoms with Crippen molar-refractivity contribution in [3.05, 3.63) is 30.1 Å². The number of ether oxygens (including phenoxy) is 1. The third-order valence-corrected chi connectivity index (χ3v) is 3.97. The van der Waals surface area contributed by atoms with E-state index in [9.17, 15) is 14.3 Å². The van der Waals surface area contributed by atoms with Crippen molar-refractivity contribution in [3.8, 4) is 0 Å². The van der Waals surface area contributed by atoms with Gasteiger partial charge in [-0.25, -0.2) is 4.39 Å². The van der Waals surface area contributed by atoms with Crippen molar-refractivity contribution in [2.75, 3.05) is 31.2 Å². The Morgan fingerprint density at radius 1 is 1.40 bits per heavy atom. The number of halogens is 1. The Balaban J connectivity index is 2.24. The summed E-state index contributed by atoms with van der Waals surface area (Å²) in [6, 6.07) is 6.48. The second-order valence-corrected chi connectivity index (χ2v) is 5.16. The largest absolute Gasteiger partial charge is 0.481 e. The quantitative estimate of drug-likeness (QED) is 0.901. The van der Waals surface area contributed by atoms with Crippen molar-refractivity contribution in [2.45, 2.75) is 19.8 Å². The molecule has 0 aromatic heterocycles. The smallest absolute Gasteiger partial charge is 0.311 e. The minimum absolute atomic E-state index is 0.309. The first-order chi connectivity index (χ1) is 9.59. The SMILES string of the molecule is CCN(CC1(C(=O)O)CCOCC1)c1ccccc1F. The highest BCUT2D eigenvalue weighted by Crippen LogP contribution is 2.34. The fourth-order valence-electron chi connectivity index (χ4n) is 2.64. The van der Waals surface area contributed by atoms with Crippen LogP contribution in [0.5, 0.6) is 0 Å². The number of carbonyl (C=O) groups is 1. The molecule has 0 amide bonds. The number of benzene rings is 1. The van der Waals surface area contributed by atoms with E-state index >= 15 is 0 Å². The summed E-state index contributed by atoms with van der Waals surface area (Å²) < 4.78 is 19.2. The number of aliphatic carboxylic acids is 1. The zero-order valence-corrected chi connectivity index (χ0v) is 11.6. The van der Waals surface area contributed by atoms with Crippen LogP contribution < -0.4 is 4.90 Å². The molecule has 4 nitrogen and oxygen atoms in total. The van der Waals surface area contributed by atoms with Crippen LogP contribution in [0, 0.1) is 11.2 Å². The van der Waals surface area contributed by atoms with Gasteiger partial charge in [0.2, 0.25) is 0 Å². The maximum absolute atomic E-state index is 13.9. The Morgan fingerprint density at radius 2 is 2.05 bits per heavy atom. The predicted molar refractivity (Wildman–Crippen MR) is 74.4 cm³/mol. The number of hydrogen-bond donors (Lipinski definition) is 1. The number of carboxylic acid groups (broad SMARTS) is 1. The zero-order valence-electron chi connectivity index (χ0n) is 11.6. The van der Waals surface area contributed by atoms with Crippen LogP contribution in [0.2, 0.25) is 0 Å². The standard InChI is InChI=1S/C15H20FNO3/c1-2-17(13-6-4-3-5-12(13)16)11-15(14(18)19)7-9-20-10-8-15/h3-6H,2,7-11H2,1H3,(H,18,19). The Morgan fingerprint density at radius 3 is 2.60 bits per heavy atom. The van der Waals surface area contributed by atoms with Gasteiger partial charge in [0.15, 0.2) is 0 Å². The summed E-state index contributed by atoms with van der Waals surface area (Å²) in [6.45, 7) is 3.67. The summed E-state index contributed by atoms with van der Waals surface area (Å²) in [6.07, 6.45) is 0.931. The molecule has 5 heteroatoms. The van der Waals surface area contributed by atoms with E-state index in [1.165, 1.54) is 6.07 Å². The van der Waals surface area contributed by atoms with Crippen LogP contribution in [0.25, 0.3) is 0 Å². The highest BCUT2D eigenvalue weighted by molar-refractivity contribution is 5.76. The summed E-state index contributed by atoms with van der Waals surface area (Å²) in [7, 11) is 0. The van der Waals surface area contributed by atoms with E-state index in [-0.39, 0.29) is 5.82 Å². The summed E-state index contributed by atoms with van der Waals surface area (Å²) in [5.74, 6) is -1.14. The minimum atomic E-state index is -0.851. The van der Waals surface area contributed by atoms with Gasteiger partial charge in [0, 0.05) is 26.3 Å². The van der Waals surface area contributed by atoms with Crippen molar-refractivity contribution < 1.29 is 19.0 Å². The normalized spacial score (nSPS) is 17.7. The molecule has 0 saturated carbocycles. The molecule has 1 heterocycles. The van der Waals surface area contributed by atoms with E-state index in [4.69, 9.17) is 4.74 Å². The van der Waals surface area contributed by atoms with Crippen LogP contribution in [0.3, 0.4) is 0 Å². The van der Waals surface area contributed by atoms with Crippen molar-refractivity contribution >= 4 is 11.7 Å². The summed E-state index contributed by atoms with van der Waals surface area (Å²) in [4.78, 5) is 13.5. The summed E-state index contributed by atoms with van der Waals surface area (Å²) in [5.41, 5.74) is -0.390. The van der Waals surface area contributed by atoms with Crippen LogP contribution in [0.4, 0.5) is 10.1 Å². The number of para-hydroxylation sites is 1. The molecule has 1 aliphatic rings. The van der Waals surface area contributed by atoms with Gasteiger partial charge < -0.3 is 14.7 Å². The molecular formula is C15H20FNO3. The van der Waals surface area contributed by atoms with Gasteiger partial charge >= 0.3 is 5.97 Å². The molecule has 0 atom stereocenters. The van der Waals surface area contributed by atoms with Crippen molar-refractivity contribution in [1.29, 1.82) is 0 Å². The van der Waals surface area contributed by atoms with E-state index in [1.807, 2.05) is 6.92 Å². The van der Waals surface area contributed by atoms with E-state index in [2.05, 4.69) is 0 Å². The lowest BCUT2D eigenvalue weighted by atomic mass is 9.79. The molecule has 0 spiro atoms. The number of anilines is 1. The maximum atomic E-state index is 13.9. The molecular weight excluding hydrogens is 261 g/mol. The molecule has 0 bridgehead atoms. The fourth-order valence-corrected chi connectivity index (χ4v) is 2.64. The Labute approximate surface area is 118 Å². The molecule has 1 aromatic carbocycles. The highest BCUT2D eigenvalue weighted by atomic mass is 19.1. The number of nitrogens with zero attached hydrogens (tertiary/aromatic N) is 1. The molecule has 1 saturated heterocycles. The lowest BCUT2D eigenvalue weighted by molar-refractivity contribution is -0.154. The van der Waals surface area contributed by atoms with Gasteiger partial charge in [0.25, 0.3) is 0 Å². The van der Waals surface area contributed by atoms with Gasteiger partial charge in [0.05, 0.1) is 11.1 Å². The Kier molecular flexibility index (Phi) is 4.60. The van der Waals surface area contributed by atoms with E-state index in [1.54, 1.807) is 23.1 Å². The van der Waals surface area contributed by atoms with Crippen LogP contribution in [-0.2, 0) is 9.53 Å². The molecule has 1 N–H and O–H groups in total. The van der Waals surface area contributed by atoms with Gasteiger partial charge in [0.1, 0.15) is 5.82 Å². The predicted octanol–water partition coefficient (Wildman–Crippen LogP) is 2.53. The molecule has 20 heavy (non-hydrogen) atoms. The topological polar surface area (TPSA) is 49.8 Å². The molecule has 1 fully saturated rings. The monoisotopic (exact) mass is 281 g/mol. The fraction of sp³-hybridized carbons (Fsp3) is 0.533. The lowest BCUT2D eigenvalue weighted by Gasteiger charge is -2.38. The Bertz CT molecular complexity index is 472. The van der Waals surface area contributed by atoms with Crippen LogP contribution in [0.1, 0.15) is 19.8 Å². The average Bonchev–Trinajstić information content (AvgIpc) is 2.46. The molecule has 110 valence electrons. The first-order valence-electron chi connectivity index (χ1n) is 6.90. The molecule has 1 aliphatic heterocycles. The third-order valence-electron chi connectivity index (χ3n) is 3.97. The molecule has 0 unspecified atom stereocenters. The molecule has 0 aliphatic carbocycles. The first-order valence-corrected chi connectivity index (χ1v) is 6.90. The molecule has 1 aromatic rings. The summed E-state index contributed by atoms with van der Waals surface area (Å²) in [5, 5.41) is 9.57. The van der Waals surface area contributed by atoms with Crippen LogP contribution in [-0.4, -0.2) is 37.4 Å². The third kappa shape index (κ3) is 2.93. The van der Waals surface area contributed by atoms with Gasteiger partial charge in [-0.2, -0.15) is 0 Å². The molecule has 0 radical (unpaired) electrons. The molecule has 2 rings (SSSR count). The van der Waals surface area contributed by atoms with Gasteiger partial charge in [-0.15, -0.1) is 0 Å². The zero-order chi connectivity index (χ0) is 14.6. The van der Waals surface area contributed by atoms with E-state index in [0.29, 0.717) is 44.8 Å². The minimum Gasteiger partial charge on any atom is -0.481 e. The number of rotatable bonds is 5. The van der Waals surface area contributed by atoms with E-state index < -0.39 is 11.4 Å². The average molecular weight is 281 g/mol. The Hall–Kier alpha value is -1.62. The first kappa shape index (κ1) is 14.8. The van der Waals surface area contributed by atoms with Gasteiger partial charge in [-0.05, 0) is 31.9 Å². The second kappa shape index (κ2) is 6.22. The van der Waals surface area contributed by atoms with E-state index in [0.717, 1.165) is 0 Å². The maximum Gasteiger partial charge on any atom is 0.311 e. The lowest BCUT2D eigenvalue weighted by Crippen LogP contribution is -2.47. The van der Waals surface area contributed by atoms with Gasteiger partial charge in [-0.3, -0.25) is 4.79 Å².